The Morgan fingerprint density at radius 3 is 2.08 bits per heavy atom. The molecule has 0 aromatic heterocycles. The van der Waals surface area contributed by atoms with Crippen molar-refractivity contribution in [2.75, 3.05) is 13.2 Å². The van der Waals surface area contributed by atoms with Crippen molar-refractivity contribution >= 4 is 0 Å². The summed E-state index contributed by atoms with van der Waals surface area (Å²) in [6, 6.07) is 0. The zero-order valence-corrected chi connectivity index (χ0v) is 8.38. The van der Waals surface area contributed by atoms with E-state index in [1.54, 1.807) is 0 Å². The molecule has 0 saturated carbocycles. The standard InChI is InChI=1S/C10H20O2/c1-4-7-8-9-10(11-5-2)12-6-3/h8-10H,4-7H2,1-3H3/b9-8+. The Labute approximate surface area is 75.6 Å². The molecule has 0 spiro atoms. The van der Waals surface area contributed by atoms with Crippen molar-refractivity contribution in [3.8, 4) is 0 Å². The normalized spacial score (nSPS) is 11.7. The first kappa shape index (κ1) is 11.7. The van der Waals surface area contributed by atoms with Gasteiger partial charge < -0.3 is 9.47 Å². The maximum absolute atomic E-state index is 5.32. The van der Waals surface area contributed by atoms with Crippen LogP contribution in [0, 0.1) is 0 Å². The van der Waals surface area contributed by atoms with Gasteiger partial charge in [-0.25, -0.2) is 0 Å². The van der Waals surface area contributed by atoms with E-state index >= 15 is 0 Å². The predicted molar refractivity (Wildman–Crippen MR) is 51.1 cm³/mol. The summed E-state index contributed by atoms with van der Waals surface area (Å²) < 4.78 is 10.6. The van der Waals surface area contributed by atoms with Gasteiger partial charge >= 0.3 is 0 Å². The molecule has 0 heterocycles. The molecule has 12 heavy (non-hydrogen) atoms. The highest BCUT2D eigenvalue weighted by Gasteiger charge is 2.00. The SMILES string of the molecule is CCC/C=C/C(OCC)OCC. The first-order valence-corrected chi connectivity index (χ1v) is 4.74. The van der Waals surface area contributed by atoms with Crippen molar-refractivity contribution in [1.82, 2.24) is 0 Å². The number of hydrogen-bond acceptors (Lipinski definition) is 2. The minimum Gasteiger partial charge on any atom is -0.349 e. The Morgan fingerprint density at radius 2 is 1.67 bits per heavy atom. The lowest BCUT2D eigenvalue weighted by atomic mass is 10.3. The fourth-order valence-electron chi connectivity index (χ4n) is 0.862. The van der Waals surface area contributed by atoms with Crippen LogP contribution in [-0.2, 0) is 9.47 Å². The number of rotatable bonds is 7. The molecule has 0 rings (SSSR count). The highest BCUT2D eigenvalue weighted by Crippen LogP contribution is 1.99. The predicted octanol–water partition coefficient (Wildman–Crippen LogP) is 2.74. The lowest BCUT2D eigenvalue weighted by Gasteiger charge is -2.11. The van der Waals surface area contributed by atoms with Crippen molar-refractivity contribution in [2.24, 2.45) is 0 Å². The summed E-state index contributed by atoms with van der Waals surface area (Å²) in [7, 11) is 0. The lowest BCUT2D eigenvalue weighted by molar-refractivity contribution is -0.104. The minimum absolute atomic E-state index is 0.147. The summed E-state index contributed by atoms with van der Waals surface area (Å²) in [4.78, 5) is 0. The summed E-state index contributed by atoms with van der Waals surface area (Å²) in [5.41, 5.74) is 0. The molecule has 0 saturated heterocycles. The van der Waals surface area contributed by atoms with Gasteiger partial charge in [0, 0.05) is 13.2 Å². The van der Waals surface area contributed by atoms with Crippen molar-refractivity contribution in [3.05, 3.63) is 12.2 Å². The van der Waals surface area contributed by atoms with Gasteiger partial charge in [0.2, 0.25) is 0 Å². The van der Waals surface area contributed by atoms with Crippen LogP contribution in [0.4, 0.5) is 0 Å². The van der Waals surface area contributed by atoms with Gasteiger partial charge in [0.05, 0.1) is 0 Å². The van der Waals surface area contributed by atoms with Crippen LogP contribution in [0.2, 0.25) is 0 Å². The third kappa shape index (κ3) is 6.38. The van der Waals surface area contributed by atoms with E-state index in [0.29, 0.717) is 13.2 Å². The Balaban J connectivity index is 3.60. The first-order chi connectivity index (χ1) is 5.85. The van der Waals surface area contributed by atoms with Gasteiger partial charge in [-0.05, 0) is 26.3 Å². The molecule has 0 fully saturated rings. The van der Waals surface area contributed by atoms with E-state index in [4.69, 9.17) is 9.47 Å². The van der Waals surface area contributed by atoms with Crippen LogP contribution in [0.3, 0.4) is 0 Å². The van der Waals surface area contributed by atoms with E-state index in [0.717, 1.165) is 6.42 Å². The largest absolute Gasteiger partial charge is 0.349 e. The molecular weight excluding hydrogens is 152 g/mol. The molecule has 0 radical (unpaired) electrons. The first-order valence-electron chi connectivity index (χ1n) is 4.74. The monoisotopic (exact) mass is 172 g/mol. The van der Waals surface area contributed by atoms with E-state index in [-0.39, 0.29) is 6.29 Å². The maximum atomic E-state index is 5.32. The van der Waals surface area contributed by atoms with E-state index in [2.05, 4.69) is 13.0 Å². The average Bonchev–Trinajstić information content (AvgIpc) is 2.06. The van der Waals surface area contributed by atoms with Crippen molar-refractivity contribution in [2.45, 2.75) is 39.9 Å². The van der Waals surface area contributed by atoms with Gasteiger partial charge in [0.15, 0.2) is 6.29 Å². The fourth-order valence-corrected chi connectivity index (χ4v) is 0.862. The second-order valence-corrected chi connectivity index (χ2v) is 2.50. The summed E-state index contributed by atoms with van der Waals surface area (Å²) in [6.45, 7) is 7.49. The molecule has 0 aliphatic heterocycles. The quantitative estimate of drug-likeness (QED) is 0.434. The molecule has 0 aliphatic carbocycles. The molecule has 0 amide bonds. The molecule has 0 bridgehead atoms. The lowest BCUT2D eigenvalue weighted by Crippen LogP contribution is -2.13. The van der Waals surface area contributed by atoms with Gasteiger partial charge in [0.25, 0.3) is 0 Å². The summed E-state index contributed by atoms with van der Waals surface area (Å²) in [5, 5.41) is 0. The van der Waals surface area contributed by atoms with Crippen LogP contribution < -0.4 is 0 Å². The van der Waals surface area contributed by atoms with Gasteiger partial charge in [0.1, 0.15) is 0 Å². The van der Waals surface area contributed by atoms with Crippen molar-refractivity contribution < 1.29 is 9.47 Å². The van der Waals surface area contributed by atoms with Gasteiger partial charge in [-0.1, -0.05) is 19.4 Å². The third-order valence-electron chi connectivity index (χ3n) is 1.41. The van der Waals surface area contributed by atoms with Crippen LogP contribution in [-0.4, -0.2) is 19.5 Å². The molecule has 0 aromatic carbocycles. The smallest absolute Gasteiger partial charge is 0.176 e. The van der Waals surface area contributed by atoms with Gasteiger partial charge in [-0.2, -0.15) is 0 Å². The van der Waals surface area contributed by atoms with Gasteiger partial charge in [-0.15, -0.1) is 0 Å². The molecule has 0 atom stereocenters. The summed E-state index contributed by atoms with van der Waals surface area (Å²) >= 11 is 0. The Hall–Kier alpha value is -0.340. The fraction of sp³-hybridized carbons (Fsp3) is 0.800. The van der Waals surface area contributed by atoms with Crippen LogP contribution in [0.25, 0.3) is 0 Å². The zero-order valence-electron chi connectivity index (χ0n) is 8.38. The molecule has 2 nitrogen and oxygen atoms in total. The number of allylic oxidation sites excluding steroid dienone is 1. The topological polar surface area (TPSA) is 18.5 Å². The van der Waals surface area contributed by atoms with Crippen LogP contribution in [0.1, 0.15) is 33.6 Å². The van der Waals surface area contributed by atoms with Crippen LogP contribution in [0.5, 0.6) is 0 Å². The molecule has 2 heteroatoms. The third-order valence-corrected chi connectivity index (χ3v) is 1.41. The highest BCUT2D eigenvalue weighted by molar-refractivity contribution is 4.84. The Morgan fingerprint density at radius 1 is 1.08 bits per heavy atom. The summed E-state index contributed by atoms with van der Waals surface area (Å²) in [6.07, 6.45) is 6.21. The second-order valence-electron chi connectivity index (χ2n) is 2.50. The number of ether oxygens (including phenoxy) is 2. The highest BCUT2D eigenvalue weighted by atomic mass is 16.7. The van der Waals surface area contributed by atoms with Crippen LogP contribution >= 0.6 is 0 Å². The molecule has 0 N–H and O–H groups in total. The minimum atomic E-state index is -0.147. The van der Waals surface area contributed by atoms with Gasteiger partial charge in [-0.3, -0.25) is 0 Å². The Bertz CT molecular complexity index is 104. The molecular formula is C10H20O2. The average molecular weight is 172 g/mol. The Kier molecular flexibility index (Phi) is 8.51. The molecule has 0 unspecified atom stereocenters. The van der Waals surface area contributed by atoms with E-state index in [1.807, 2.05) is 19.9 Å². The van der Waals surface area contributed by atoms with Crippen molar-refractivity contribution in [3.63, 3.8) is 0 Å². The van der Waals surface area contributed by atoms with E-state index in [9.17, 15) is 0 Å². The zero-order chi connectivity index (χ0) is 9.23. The summed E-state index contributed by atoms with van der Waals surface area (Å²) in [5.74, 6) is 0. The number of unbranched alkanes of at least 4 members (excludes halogenated alkanes) is 1. The maximum Gasteiger partial charge on any atom is 0.176 e. The number of hydrogen-bond donors (Lipinski definition) is 0. The van der Waals surface area contributed by atoms with E-state index < -0.39 is 0 Å². The second kappa shape index (κ2) is 8.75. The van der Waals surface area contributed by atoms with Crippen LogP contribution in [0.15, 0.2) is 12.2 Å². The van der Waals surface area contributed by atoms with E-state index in [1.165, 1.54) is 6.42 Å². The van der Waals surface area contributed by atoms with Crippen molar-refractivity contribution in [1.29, 1.82) is 0 Å². The molecule has 72 valence electrons. The molecule has 0 aliphatic rings. The molecule has 0 aromatic rings.